The van der Waals surface area contributed by atoms with Gasteiger partial charge in [0.15, 0.2) is 0 Å². The maximum Gasteiger partial charge on any atom is 0.410 e. The highest BCUT2D eigenvalue weighted by atomic mass is 79.9. The van der Waals surface area contributed by atoms with E-state index in [2.05, 4.69) is 25.8 Å². The summed E-state index contributed by atoms with van der Waals surface area (Å²) < 4.78 is 11.3. The van der Waals surface area contributed by atoms with Crippen LogP contribution in [-0.4, -0.2) is 66.5 Å². The Kier molecular flexibility index (Phi) is 8.30. The molecule has 3 rings (SSSR count). The van der Waals surface area contributed by atoms with E-state index in [1.54, 1.807) is 17.2 Å². The molecule has 1 unspecified atom stereocenters. The summed E-state index contributed by atoms with van der Waals surface area (Å²) in [5.74, 6) is -0.233. The van der Waals surface area contributed by atoms with Crippen LogP contribution < -0.4 is 4.90 Å². The Morgan fingerprint density at radius 3 is 2.41 bits per heavy atom. The van der Waals surface area contributed by atoms with Crippen LogP contribution in [0.5, 0.6) is 0 Å². The van der Waals surface area contributed by atoms with Gasteiger partial charge in [0.1, 0.15) is 17.3 Å². The van der Waals surface area contributed by atoms with Gasteiger partial charge in [0.2, 0.25) is 0 Å². The quantitative estimate of drug-likeness (QED) is 0.401. The average molecular weight is 531 g/mol. The van der Waals surface area contributed by atoms with Crippen molar-refractivity contribution in [1.82, 2.24) is 9.88 Å². The van der Waals surface area contributed by atoms with Crippen molar-refractivity contribution in [1.29, 1.82) is 0 Å². The molecule has 182 valence electrons. The number of benzene rings is 1. The molecule has 0 spiro atoms. The van der Waals surface area contributed by atoms with Crippen molar-refractivity contribution in [3.63, 3.8) is 0 Å². The number of hydrogen-bond acceptors (Lipinski definition) is 7. The van der Waals surface area contributed by atoms with E-state index in [-0.39, 0.29) is 12.1 Å². The Hall–Kier alpha value is -2.94. The van der Waals surface area contributed by atoms with Crippen molar-refractivity contribution in [3.05, 3.63) is 52.6 Å². The monoisotopic (exact) mass is 530 g/mol. The van der Waals surface area contributed by atoms with Crippen LogP contribution in [0.25, 0.3) is 0 Å². The van der Waals surface area contributed by atoms with Crippen LogP contribution >= 0.6 is 15.9 Å². The smallest absolute Gasteiger partial charge is 0.410 e. The molecule has 1 saturated heterocycles. The lowest BCUT2D eigenvalue weighted by Crippen LogP contribution is -2.50. The van der Waals surface area contributed by atoms with Crippen LogP contribution in [-0.2, 0) is 14.3 Å². The zero-order valence-electron chi connectivity index (χ0n) is 20.2. The predicted molar refractivity (Wildman–Crippen MR) is 136 cm³/mol. The van der Waals surface area contributed by atoms with Gasteiger partial charge in [-0.1, -0.05) is 34.1 Å². The number of amides is 1. The molecule has 0 N–H and O–H groups in total. The van der Waals surface area contributed by atoms with Gasteiger partial charge in [-0.3, -0.25) is 9.79 Å². The molecule has 34 heavy (non-hydrogen) atoms. The van der Waals surface area contributed by atoms with Gasteiger partial charge in [0.05, 0.1) is 12.8 Å². The lowest BCUT2D eigenvalue weighted by atomic mass is 9.95. The van der Waals surface area contributed by atoms with E-state index in [1.807, 2.05) is 58.0 Å². The third-order valence-corrected chi connectivity index (χ3v) is 6.08. The minimum Gasteiger partial charge on any atom is -0.468 e. The number of halogens is 1. The summed E-state index contributed by atoms with van der Waals surface area (Å²) >= 11 is 3.53. The van der Waals surface area contributed by atoms with E-state index in [4.69, 9.17) is 14.5 Å². The number of anilines is 1. The number of carbonyl (C=O) groups is 2. The fraction of sp³-hybridized carbons (Fsp3) is 0.440. The number of hydrogen-bond donors (Lipinski definition) is 0. The normalized spacial score (nSPS) is 15.6. The second-order valence-electron chi connectivity index (χ2n) is 9.06. The standard InChI is InChI=1S/C25H31BrN4O4/c1-17(22(23(31)33-5)19-8-6-7-9-20(19)26)28-18-10-11-27-21(16-18)29-12-14-30(15-13-29)24(32)34-25(2,3)4/h6-11,16,22H,12-15H2,1-5H3/b28-17+. The average Bonchev–Trinajstić information content (AvgIpc) is 2.79. The third-order valence-electron chi connectivity index (χ3n) is 5.36. The Bertz CT molecular complexity index is 1060. The predicted octanol–water partition coefficient (Wildman–Crippen LogP) is 4.95. The molecule has 0 saturated carbocycles. The summed E-state index contributed by atoms with van der Waals surface area (Å²) in [6.45, 7) is 9.78. The summed E-state index contributed by atoms with van der Waals surface area (Å²) in [4.78, 5) is 38.0. The minimum atomic E-state index is -0.630. The molecular weight excluding hydrogens is 500 g/mol. The van der Waals surface area contributed by atoms with Gasteiger partial charge in [-0.2, -0.15) is 0 Å². The number of aromatic nitrogens is 1. The van der Waals surface area contributed by atoms with Crippen molar-refractivity contribution in [2.75, 3.05) is 38.2 Å². The van der Waals surface area contributed by atoms with Gasteiger partial charge in [-0.15, -0.1) is 0 Å². The maximum absolute atomic E-state index is 12.6. The molecule has 1 aromatic heterocycles. The third kappa shape index (κ3) is 6.56. The maximum atomic E-state index is 12.6. The molecule has 0 bridgehead atoms. The van der Waals surface area contributed by atoms with E-state index in [1.165, 1.54) is 7.11 Å². The highest BCUT2D eigenvalue weighted by molar-refractivity contribution is 9.10. The number of esters is 1. The summed E-state index contributed by atoms with van der Waals surface area (Å²) in [5.41, 5.74) is 1.59. The number of methoxy groups -OCH3 is 1. The number of rotatable bonds is 5. The zero-order valence-corrected chi connectivity index (χ0v) is 21.8. The fourth-order valence-electron chi connectivity index (χ4n) is 3.71. The van der Waals surface area contributed by atoms with E-state index < -0.39 is 11.5 Å². The molecule has 1 aromatic carbocycles. The molecule has 1 amide bonds. The SMILES string of the molecule is COC(=O)C(/C(C)=N/c1ccnc(N2CCN(C(=O)OC(C)(C)C)CC2)c1)c1ccccc1Br. The van der Waals surface area contributed by atoms with Crippen LogP contribution in [0.2, 0.25) is 0 Å². The number of aliphatic imine (C=N–C) groups is 1. The number of pyridine rings is 1. The van der Waals surface area contributed by atoms with Crippen molar-refractivity contribution < 1.29 is 19.1 Å². The van der Waals surface area contributed by atoms with Crippen molar-refractivity contribution in [2.24, 2.45) is 4.99 Å². The molecule has 0 aliphatic carbocycles. The highest BCUT2D eigenvalue weighted by Gasteiger charge is 2.28. The summed E-state index contributed by atoms with van der Waals surface area (Å²) in [5, 5.41) is 0. The molecule has 0 radical (unpaired) electrons. The lowest BCUT2D eigenvalue weighted by molar-refractivity contribution is -0.140. The second-order valence-corrected chi connectivity index (χ2v) is 9.91. The van der Waals surface area contributed by atoms with Crippen LogP contribution in [0.4, 0.5) is 16.3 Å². The molecular formula is C25H31BrN4O4. The Balaban J connectivity index is 1.75. The summed E-state index contributed by atoms with van der Waals surface area (Å²) in [7, 11) is 1.38. The Morgan fingerprint density at radius 2 is 1.79 bits per heavy atom. The topological polar surface area (TPSA) is 84.3 Å². The van der Waals surface area contributed by atoms with Crippen molar-refractivity contribution in [2.45, 2.75) is 39.2 Å². The molecule has 2 heterocycles. The Labute approximate surface area is 209 Å². The van der Waals surface area contributed by atoms with Crippen LogP contribution in [0.15, 0.2) is 52.1 Å². The van der Waals surface area contributed by atoms with E-state index in [9.17, 15) is 9.59 Å². The van der Waals surface area contributed by atoms with Crippen molar-refractivity contribution in [3.8, 4) is 0 Å². The largest absolute Gasteiger partial charge is 0.468 e. The van der Waals surface area contributed by atoms with Gasteiger partial charge < -0.3 is 19.3 Å². The number of nitrogens with zero attached hydrogens (tertiary/aromatic N) is 4. The molecule has 9 heteroatoms. The first-order valence-corrected chi connectivity index (χ1v) is 11.9. The van der Waals surface area contributed by atoms with Crippen molar-refractivity contribution >= 4 is 45.2 Å². The van der Waals surface area contributed by atoms with E-state index in [0.29, 0.717) is 37.6 Å². The first kappa shape index (κ1) is 25.7. The molecule has 2 aromatic rings. The van der Waals surface area contributed by atoms with Crippen LogP contribution in [0.3, 0.4) is 0 Å². The first-order valence-electron chi connectivity index (χ1n) is 11.2. The van der Waals surface area contributed by atoms with Gasteiger partial charge >= 0.3 is 12.1 Å². The molecule has 1 aliphatic heterocycles. The van der Waals surface area contributed by atoms with E-state index >= 15 is 0 Å². The van der Waals surface area contributed by atoms with Gasteiger partial charge in [-0.05, 0) is 45.4 Å². The molecule has 1 atom stereocenters. The van der Waals surface area contributed by atoms with E-state index in [0.717, 1.165) is 15.9 Å². The fourth-order valence-corrected chi connectivity index (χ4v) is 4.23. The number of carbonyl (C=O) groups excluding carboxylic acids is 2. The number of piperazine rings is 1. The van der Waals surface area contributed by atoms with Gasteiger partial charge in [-0.25, -0.2) is 9.78 Å². The first-order chi connectivity index (χ1) is 16.1. The number of ether oxygens (including phenoxy) is 2. The molecule has 1 aliphatic rings. The minimum absolute atomic E-state index is 0.296. The Morgan fingerprint density at radius 1 is 1.12 bits per heavy atom. The lowest BCUT2D eigenvalue weighted by Gasteiger charge is -2.36. The molecule has 8 nitrogen and oxygen atoms in total. The molecule has 1 fully saturated rings. The summed E-state index contributed by atoms with van der Waals surface area (Å²) in [6, 6.07) is 11.2. The second kappa shape index (κ2) is 11.0. The highest BCUT2D eigenvalue weighted by Crippen LogP contribution is 2.29. The zero-order chi connectivity index (χ0) is 24.9. The van der Waals surface area contributed by atoms with Crippen LogP contribution in [0, 0.1) is 0 Å². The van der Waals surface area contributed by atoms with Gasteiger partial charge in [0, 0.05) is 48.6 Å². The summed E-state index contributed by atoms with van der Waals surface area (Å²) in [6.07, 6.45) is 1.41. The van der Waals surface area contributed by atoms with Crippen LogP contribution in [0.1, 0.15) is 39.2 Å². The van der Waals surface area contributed by atoms with Gasteiger partial charge in [0.25, 0.3) is 0 Å².